The second kappa shape index (κ2) is 7.18. The van der Waals surface area contributed by atoms with Crippen molar-refractivity contribution < 1.29 is 9.53 Å². The maximum absolute atomic E-state index is 10.5. The van der Waals surface area contributed by atoms with E-state index in [1.807, 2.05) is 25.1 Å². The largest absolute Gasteiger partial charge is 0.449 e. The zero-order valence-electron chi connectivity index (χ0n) is 11.7. The van der Waals surface area contributed by atoms with E-state index in [2.05, 4.69) is 20.3 Å². The van der Waals surface area contributed by atoms with Crippen LogP contribution in [0.3, 0.4) is 0 Å². The molecule has 2 aromatic rings. The number of rotatable bonds is 6. The highest BCUT2D eigenvalue weighted by atomic mass is 16.5. The Balaban J connectivity index is 1.87. The lowest BCUT2D eigenvalue weighted by molar-refractivity contribution is 0.142. The monoisotopic (exact) mass is 287 g/mol. The maximum Gasteiger partial charge on any atom is 0.404 e. The van der Waals surface area contributed by atoms with Crippen molar-refractivity contribution in [3.8, 4) is 11.4 Å². The van der Waals surface area contributed by atoms with Crippen LogP contribution in [0.4, 0.5) is 10.6 Å². The van der Waals surface area contributed by atoms with E-state index in [0.717, 1.165) is 5.69 Å². The van der Waals surface area contributed by atoms with E-state index in [1.54, 1.807) is 18.6 Å². The van der Waals surface area contributed by atoms with E-state index in [4.69, 9.17) is 10.5 Å². The number of aromatic nitrogens is 3. The Bertz CT molecular complexity index is 574. The highest BCUT2D eigenvalue weighted by Gasteiger charge is 2.06. The second-order valence-electron chi connectivity index (χ2n) is 4.62. The van der Waals surface area contributed by atoms with E-state index in [1.165, 1.54) is 0 Å². The lowest BCUT2D eigenvalue weighted by Gasteiger charge is -2.12. The molecule has 2 rings (SSSR count). The fourth-order valence-corrected chi connectivity index (χ4v) is 1.63. The second-order valence-corrected chi connectivity index (χ2v) is 4.62. The van der Waals surface area contributed by atoms with E-state index in [0.29, 0.717) is 18.1 Å². The number of pyridine rings is 1. The van der Waals surface area contributed by atoms with Gasteiger partial charge in [0.2, 0.25) is 0 Å². The predicted octanol–water partition coefficient (Wildman–Crippen LogP) is 1.68. The lowest BCUT2D eigenvalue weighted by atomic mass is 10.2. The molecule has 0 aromatic carbocycles. The minimum absolute atomic E-state index is 0.120. The lowest BCUT2D eigenvalue weighted by Crippen LogP contribution is -2.22. The van der Waals surface area contributed by atoms with Crippen LogP contribution in [0.2, 0.25) is 0 Å². The summed E-state index contributed by atoms with van der Waals surface area (Å²) >= 11 is 0. The van der Waals surface area contributed by atoms with Gasteiger partial charge in [-0.15, -0.1) is 0 Å². The van der Waals surface area contributed by atoms with Crippen LogP contribution >= 0.6 is 0 Å². The molecule has 0 aliphatic rings. The van der Waals surface area contributed by atoms with Crippen LogP contribution in [0, 0.1) is 5.92 Å². The summed E-state index contributed by atoms with van der Waals surface area (Å²) in [5, 5.41) is 3.12. The molecule has 0 radical (unpaired) electrons. The number of nitrogens with zero attached hydrogens (tertiary/aromatic N) is 3. The molecule has 0 fully saturated rings. The Hall–Kier alpha value is -2.70. The molecule has 7 nitrogen and oxygen atoms in total. The van der Waals surface area contributed by atoms with Crippen molar-refractivity contribution in [2.45, 2.75) is 6.92 Å². The van der Waals surface area contributed by atoms with E-state index in [-0.39, 0.29) is 12.5 Å². The Morgan fingerprint density at radius 2 is 2.14 bits per heavy atom. The van der Waals surface area contributed by atoms with Crippen molar-refractivity contribution in [1.29, 1.82) is 0 Å². The SMILES string of the molecule is CC(CNc1cnc(-c2ccccn2)cn1)COC(N)=O. The Labute approximate surface area is 122 Å². The molecule has 0 aliphatic heterocycles. The molecule has 1 atom stereocenters. The molecule has 0 saturated carbocycles. The van der Waals surface area contributed by atoms with E-state index in [9.17, 15) is 4.79 Å². The predicted molar refractivity (Wildman–Crippen MR) is 78.5 cm³/mol. The van der Waals surface area contributed by atoms with Gasteiger partial charge in [0.05, 0.1) is 24.7 Å². The number of amides is 1. The fraction of sp³-hybridized carbons (Fsp3) is 0.286. The van der Waals surface area contributed by atoms with E-state index < -0.39 is 6.09 Å². The number of hydrogen-bond acceptors (Lipinski definition) is 6. The molecule has 110 valence electrons. The van der Waals surface area contributed by atoms with Crippen molar-refractivity contribution in [3.63, 3.8) is 0 Å². The van der Waals surface area contributed by atoms with Crippen LogP contribution < -0.4 is 11.1 Å². The smallest absolute Gasteiger partial charge is 0.404 e. The number of primary amides is 1. The van der Waals surface area contributed by atoms with E-state index >= 15 is 0 Å². The molecule has 7 heteroatoms. The number of nitrogens with one attached hydrogen (secondary N) is 1. The highest BCUT2D eigenvalue weighted by molar-refractivity contribution is 5.64. The number of carbonyl (C=O) groups is 1. The first-order valence-corrected chi connectivity index (χ1v) is 6.54. The van der Waals surface area contributed by atoms with Gasteiger partial charge in [0.25, 0.3) is 0 Å². The summed E-state index contributed by atoms with van der Waals surface area (Å²) in [7, 11) is 0. The summed E-state index contributed by atoms with van der Waals surface area (Å²) in [6, 6.07) is 5.62. The third-order valence-electron chi connectivity index (χ3n) is 2.72. The Kier molecular flexibility index (Phi) is 5.03. The maximum atomic E-state index is 10.5. The van der Waals surface area contributed by atoms with Crippen LogP contribution in [0.15, 0.2) is 36.8 Å². The molecule has 3 N–H and O–H groups in total. The number of carbonyl (C=O) groups excluding carboxylic acids is 1. The first kappa shape index (κ1) is 14.7. The van der Waals surface area contributed by atoms with Crippen molar-refractivity contribution in [1.82, 2.24) is 15.0 Å². The third kappa shape index (κ3) is 4.72. The first-order chi connectivity index (χ1) is 10.1. The topological polar surface area (TPSA) is 103 Å². The van der Waals surface area contributed by atoms with Gasteiger partial charge in [-0.25, -0.2) is 14.8 Å². The molecule has 2 aromatic heterocycles. The van der Waals surface area contributed by atoms with Gasteiger partial charge in [0.1, 0.15) is 11.5 Å². The van der Waals surface area contributed by atoms with Crippen LogP contribution in [0.1, 0.15) is 6.92 Å². The molecule has 0 aliphatic carbocycles. The molecular weight excluding hydrogens is 270 g/mol. The minimum Gasteiger partial charge on any atom is -0.449 e. The van der Waals surface area contributed by atoms with Crippen molar-refractivity contribution in [2.24, 2.45) is 11.7 Å². The summed E-state index contributed by atoms with van der Waals surface area (Å²) in [5.41, 5.74) is 6.40. The van der Waals surface area contributed by atoms with Crippen LogP contribution in [-0.4, -0.2) is 34.2 Å². The normalized spacial score (nSPS) is 11.7. The summed E-state index contributed by atoms with van der Waals surface area (Å²) in [5.74, 6) is 0.773. The van der Waals surface area contributed by atoms with Crippen molar-refractivity contribution in [2.75, 3.05) is 18.5 Å². The molecule has 1 unspecified atom stereocenters. The zero-order chi connectivity index (χ0) is 15.1. The van der Waals surface area contributed by atoms with Gasteiger partial charge >= 0.3 is 6.09 Å². The van der Waals surface area contributed by atoms with Gasteiger partial charge in [-0.3, -0.25) is 4.98 Å². The first-order valence-electron chi connectivity index (χ1n) is 6.54. The van der Waals surface area contributed by atoms with Gasteiger partial charge in [-0.1, -0.05) is 13.0 Å². The highest BCUT2D eigenvalue weighted by Crippen LogP contribution is 2.13. The number of ether oxygens (including phenoxy) is 1. The quantitative estimate of drug-likeness (QED) is 0.838. The number of hydrogen-bond donors (Lipinski definition) is 2. The van der Waals surface area contributed by atoms with Gasteiger partial charge in [-0.2, -0.15) is 0 Å². The molecule has 0 saturated heterocycles. The average molecular weight is 287 g/mol. The molecule has 2 heterocycles. The van der Waals surface area contributed by atoms with Gasteiger partial charge in [0.15, 0.2) is 0 Å². The standard InChI is InChI=1S/C14H17N5O2/c1-10(9-21-14(15)20)6-18-13-8-17-12(7-19-13)11-4-2-3-5-16-11/h2-5,7-8,10H,6,9H2,1H3,(H2,15,20)(H,18,19). The zero-order valence-corrected chi connectivity index (χ0v) is 11.7. The van der Waals surface area contributed by atoms with Gasteiger partial charge in [-0.05, 0) is 12.1 Å². The number of anilines is 1. The molecule has 0 spiro atoms. The van der Waals surface area contributed by atoms with Crippen LogP contribution in [-0.2, 0) is 4.74 Å². The van der Waals surface area contributed by atoms with Crippen LogP contribution in [0.25, 0.3) is 11.4 Å². The number of nitrogens with two attached hydrogens (primary N) is 1. The molecule has 0 bridgehead atoms. The van der Waals surface area contributed by atoms with Crippen molar-refractivity contribution >= 4 is 11.9 Å². The Morgan fingerprint density at radius 1 is 1.29 bits per heavy atom. The molecule has 21 heavy (non-hydrogen) atoms. The summed E-state index contributed by atoms with van der Waals surface area (Å²) in [6.45, 7) is 2.80. The fourth-order valence-electron chi connectivity index (χ4n) is 1.63. The minimum atomic E-state index is -0.763. The summed E-state index contributed by atoms with van der Waals surface area (Å²) in [6.07, 6.45) is 4.26. The Morgan fingerprint density at radius 3 is 2.76 bits per heavy atom. The molecular formula is C14H17N5O2. The summed E-state index contributed by atoms with van der Waals surface area (Å²) < 4.78 is 4.72. The average Bonchev–Trinajstić information content (AvgIpc) is 2.52. The molecule has 1 amide bonds. The van der Waals surface area contributed by atoms with Crippen molar-refractivity contribution in [3.05, 3.63) is 36.8 Å². The van der Waals surface area contributed by atoms with Gasteiger partial charge in [0, 0.05) is 18.7 Å². The third-order valence-corrected chi connectivity index (χ3v) is 2.72. The van der Waals surface area contributed by atoms with Crippen LogP contribution in [0.5, 0.6) is 0 Å². The van der Waals surface area contributed by atoms with Gasteiger partial charge < -0.3 is 15.8 Å². The summed E-state index contributed by atoms with van der Waals surface area (Å²) in [4.78, 5) is 23.3.